The van der Waals surface area contributed by atoms with Crippen LogP contribution < -0.4 is 21.3 Å². The molecule has 2 aromatic rings. The lowest BCUT2D eigenvalue weighted by Crippen LogP contribution is -2.39. The number of nitrogens with zero attached hydrogens (tertiary/aromatic N) is 2. The Balaban J connectivity index is 1.56. The Labute approximate surface area is 171 Å². The molecule has 1 aromatic heterocycles. The van der Waals surface area contributed by atoms with Gasteiger partial charge in [0, 0.05) is 23.6 Å². The van der Waals surface area contributed by atoms with Crippen LogP contribution in [0.5, 0.6) is 0 Å². The molecule has 1 aromatic carbocycles. The molecule has 2 unspecified atom stereocenters. The molecule has 0 spiro atoms. The Hall–Kier alpha value is -2.88. The SMILES string of the molecule is CC(Nc1nc(Nc2ccc3c(c2)CC(=O)N3)ncc1C(F)(F)F)C1CCCNC1. The van der Waals surface area contributed by atoms with Gasteiger partial charge in [-0.1, -0.05) is 0 Å². The number of hydrogen-bond donors (Lipinski definition) is 4. The lowest BCUT2D eigenvalue weighted by molar-refractivity contribution is -0.137. The molecule has 0 aliphatic carbocycles. The Kier molecular flexibility index (Phi) is 5.50. The average molecular weight is 420 g/mol. The summed E-state index contributed by atoms with van der Waals surface area (Å²) in [6, 6.07) is 5.04. The summed E-state index contributed by atoms with van der Waals surface area (Å²) in [4.78, 5) is 19.5. The second kappa shape index (κ2) is 8.10. The molecule has 3 heterocycles. The van der Waals surface area contributed by atoms with Crippen LogP contribution in [-0.2, 0) is 17.4 Å². The smallest absolute Gasteiger partial charge is 0.367 e. The molecule has 4 rings (SSSR count). The quantitative estimate of drug-likeness (QED) is 0.592. The highest BCUT2D eigenvalue weighted by Gasteiger charge is 2.36. The lowest BCUT2D eigenvalue weighted by Gasteiger charge is -2.30. The van der Waals surface area contributed by atoms with Crippen LogP contribution >= 0.6 is 0 Å². The van der Waals surface area contributed by atoms with E-state index in [-0.39, 0.29) is 36.1 Å². The zero-order valence-electron chi connectivity index (χ0n) is 16.4. The third-order valence-corrected chi connectivity index (χ3v) is 5.49. The summed E-state index contributed by atoms with van der Waals surface area (Å²) in [7, 11) is 0. The monoisotopic (exact) mass is 420 g/mol. The molecular formula is C20H23F3N6O. The van der Waals surface area contributed by atoms with Crippen LogP contribution in [-0.4, -0.2) is 35.0 Å². The van der Waals surface area contributed by atoms with Crippen molar-refractivity contribution < 1.29 is 18.0 Å². The van der Waals surface area contributed by atoms with Crippen molar-refractivity contribution in [1.29, 1.82) is 0 Å². The first kappa shape index (κ1) is 20.4. The molecule has 0 saturated carbocycles. The molecule has 4 N–H and O–H groups in total. The molecule has 1 saturated heterocycles. The van der Waals surface area contributed by atoms with Gasteiger partial charge in [-0.05, 0) is 62.5 Å². The molecule has 1 fully saturated rings. The standard InChI is InChI=1S/C20H23F3N6O/c1-11(12-3-2-6-24-9-12)26-18-15(20(21,22)23)10-25-19(29-18)27-14-4-5-16-13(7-14)8-17(30)28-16/h4-5,7,10-12,24H,2-3,6,8-9H2,1H3,(H,28,30)(H2,25,26,27,29). The van der Waals surface area contributed by atoms with Crippen LogP contribution in [0.3, 0.4) is 0 Å². The number of benzene rings is 1. The molecule has 2 aliphatic heterocycles. The zero-order valence-corrected chi connectivity index (χ0v) is 16.4. The number of alkyl halides is 3. The van der Waals surface area contributed by atoms with Gasteiger partial charge in [0.2, 0.25) is 11.9 Å². The van der Waals surface area contributed by atoms with E-state index in [1.54, 1.807) is 18.2 Å². The number of aromatic nitrogens is 2. The largest absolute Gasteiger partial charge is 0.421 e. The van der Waals surface area contributed by atoms with Crippen molar-refractivity contribution in [3.63, 3.8) is 0 Å². The third kappa shape index (κ3) is 4.48. The van der Waals surface area contributed by atoms with Crippen molar-refractivity contribution in [3.05, 3.63) is 35.5 Å². The molecule has 2 aliphatic rings. The number of hydrogen-bond acceptors (Lipinski definition) is 6. The van der Waals surface area contributed by atoms with Crippen molar-refractivity contribution >= 4 is 29.0 Å². The van der Waals surface area contributed by atoms with Gasteiger partial charge in [0.05, 0.1) is 6.42 Å². The summed E-state index contributed by atoms with van der Waals surface area (Å²) in [6.45, 7) is 3.56. The van der Waals surface area contributed by atoms with Gasteiger partial charge in [0.1, 0.15) is 11.4 Å². The normalized spacial score (nSPS) is 19.7. The van der Waals surface area contributed by atoms with E-state index in [4.69, 9.17) is 0 Å². The lowest BCUT2D eigenvalue weighted by atomic mass is 9.93. The number of anilines is 4. The van der Waals surface area contributed by atoms with Gasteiger partial charge in [0.15, 0.2) is 0 Å². The van der Waals surface area contributed by atoms with E-state index in [1.807, 2.05) is 6.92 Å². The Morgan fingerprint density at radius 1 is 1.30 bits per heavy atom. The number of amides is 1. The van der Waals surface area contributed by atoms with E-state index in [0.29, 0.717) is 5.69 Å². The van der Waals surface area contributed by atoms with E-state index in [2.05, 4.69) is 31.2 Å². The maximum atomic E-state index is 13.5. The van der Waals surface area contributed by atoms with Gasteiger partial charge < -0.3 is 21.3 Å². The molecule has 10 heteroatoms. The molecule has 160 valence electrons. The van der Waals surface area contributed by atoms with Gasteiger partial charge in [-0.2, -0.15) is 18.2 Å². The summed E-state index contributed by atoms with van der Waals surface area (Å²) in [5, 5.41) is 11.9. The van der Waals surface area contributed by atoms with Crippen LogP contribution in [0.15, 0.2) is 24.4 Å². The van der Waals surface area contributed by atoms with E-state index in [1.165, 1.54) is 0 Å². The molecule has 0 bridgehead atoms. The number of rotatable bonds is 5. The predicted molar refractivity (Wildman–Crippen MR) is 108 cm³/mol. The summed E-state index contributed by atoms with van der Waals surface area (Å²) in [5.41, 5.74) is 1.25. The highest BCUT2D eigenvalue weighted by molar-refractivity contribution is 5.99. The summed E-state index contributed by atoms with van der Waals surface area (Å²) >= 11 is 0. The number of fused-ring (bicyclic) bond motifs is 1. The van der Waals surface area contributed by atoms with E-state index < -0.39 is 11.7 Å². The second-order valence-corrected chi connectivity index (χ2v) is 7.71. The third-order valence-electron chi connectivity index (χ3n) is 5.49. The van der Waals surface area contributed by atoms with Gasteiger partial charge in [-0.15, -0.1) is 0 Å². The number of carbonyl (C=O) groups excluding carboxylic acids is 1. The highest BCUT2D eigenvalue weighted by atomic mass is 19.4. The average Bonchev–Trinajstić information content (AvgIpc) is 3.07. The first-order valence-electron chi connectivity index (χ1n) is 9.91. The summed E-state index contributed by atoms with van der Waals surface area (Å²) in [6.07, 6.45) is -1.57. The summed E-state index contributed by atoms with van der Waals surface area (Å²) in [5.74, 6) is -0.0636. The second-order valence-electron chi connectivity index (χ2n) is 7.71. The minimum atomic E-state index is -4.56. The number of piperidine rings is 1. The van der Waals surface area contributed by atoms with Gasteiger partial charge in [0.25, 0.3) is 0 Å². The van der Waals surface area contributed by atoms with Crippen molar-refractivity contribution in [2.24, 2.45) is 5.92 Å². The minimum absolute atomic E-state index is 0.0525. The van der Waals surface area contributed by atoms with Crippen LogP contribution in [0.4, 0.5) is 36.3 Å². The fourth-order valence-electron chi connectivity index (χ4n) is 3.83. The molecular weight excluding hydrogens is 397 g/mol. The van der Waals surface area contributed by atoms with Gasteiger partial charge in [-0.3, -0.25) is 4.79 Å². The Morgan fingerprint density at radius 2 is 2.13 bits per heavy atom. The molecule has 7 nitrogen and oxygen atoms in total. The molecule has 30 heavy (non-hydrogen) atoms. The fourth-order valence-corrected chi connectivity index (χ4v) is 3.83. The van der Waals surface area contributed by atoms with E-state index in [0.717, 1.165) is 43.4 Å². The van der Waals surface area contributed by atoms with Crippen LogP contribution in [0.2, 0.25) is 0 Å². The molecule has 2 atom stereocenters. The van der Waals surface area contributed by atoms with Gasteiger partial charge in [-0.25, -0.2) is 4.98 Å². The molecule has 0 radical (unpaired) electrons. The van der Waals surface area contributed by atoms with Crippen molar-refractivity contribution in [3.8, 4) is 0 Å². The Bertz CT molecular complexity index is 943. The first-order chi connectivity index (χ1) is 14.3. The zero-order chi connectivity index (χ0) is 21.3. The van der Waals surface area contributed by atoms with Crippen molar-refractivity contribution in [1.82, 2.24) is 15.3 Å². The summed E-state index contributed by atoms with van der Waals surface area (Å²) < 4.78 is 40.5. The van der Waals surface area contributed by atoms with Crippen LogP contribution in [0.25, 0.3) is 0 Å². The fraction of sp³-hybridized carbons (Fsp3) is 0.450. The van der Waals surface area contributed by atoms with Crippen molar-refractivity contribution in [2.75, 3.05) is 29.0 Å². The maximum absolute atomic E-state index is 13.5. The minimum Gasteiger partial charge on any atom is -0.367 e. The highest BCUT2D eigenvalue weighted by Crippen LogP contribution is 2.35. The topological polar surface area (TPSA) is 91.0 Å². The number of halogens is 3. The Morgan fingerprint density at radius 3 is 2.87 bits per heavy atom. The van der Waals surface area contributed by atoms with Crippen LogP contribution in [0, 0.1) is 5.92 Å². The predicted octanol–water partition coefficient (Wildman–Crippen LogP) is 3.53. The van der Waals surface area contributed by atoms with Gasteiger partial charge >= 0.3 is 6.18 Å². The van der Waals surface area contributed by atoms with Crippen LogP contribution in [0.1, 0.15) is 30.9 Å². The maximum Gasteiger partial charge on any atom is 0.421 e. The van der Waals surface area contributed by atoms with Crippen molar-refractivity contribution in [2.45, 2.75) is 38.4 Å². The number of carbonyl (C=O) groups is 1. The van der Waals surface area contributed by atoms with E-state index in [9.17, 15) is 18.0 Å². The number of nitrogens with one attached hydrogen (secondary N) is 4. The first-order valence-corrected chi connectivity index (χ1v) is 9.91. The van der Waals surface area contributed by atoms with E-state index >= 15 is 0 Å². The molecule has 1 amide bonds.